The van der Waals surface area contributed by atoms with Gasteiger partial charge in [-0.2, -0.15) is 4.31 Å². The van der Waals surface area contributed by atoms with Crippen LogP contribution < -0.4 is 9.47 Å². The molecule has 2 heterocycles. The normalized spacial score (nSPS) is 14.5. The highest BCUT2D eigenvalue weighted by molar-refractivity contribution is 7.89. The molecule has 0 N–H and O–H groups in total. The third kappa shape index (κ3) is 4.20. The summed E-state index contributed by atoms with van der Waals surface area (Å²) in [6.45, 7) is 4.95. The minimum Gasteiger partial charge on any atom is -0.493 e. The van der Waals surface area contributed by atoms with Gasteiger partial charge in [0.25, 0.3) is 0 Å². The van der Waals surface area contributed by atoms with Gasteiger partial charge in [0.2, 0.25) is 10.0 Å². The number of methoxy groups -OCH3 is 2. The zero-order valence-electron chi connectivity index (χ0n) is 18.1. The molecule has 0 fully saturated rings. The number of nitrogens with zero attached hydrogens (tertiary/aromatic N) is 2. The van der Waals surface area contributed by atoms with Gasteiger partial charge in [-0.15, -0.1) is 11.3 Å². The number of hydrogen-bond donors (Lipinski definition) is 0. The predicted octanol–water partition coefficient (Wildman–Crippen LogP) is 4.70. The molecule has 0 radical (unpaired) electrons. The second-order valence-corrected chi connectivity index (χ2v) is 10.8. The maximum Gasteiger partial charge on any atom is 0.243 e. The van der Waals surface area contributed by atoms with Crippen molar-refractivity contribution < 1.29 is 17.9 Å². The number of aromatic nitrogens is 1. The monoisotopic (exact) mass is 458 g/mol. The third-order valence-corrected chi connectivity index (χ3v) is 8.50. The SMILES string of the molecule is COc1ccc(-c2nc3c(s2)CN(S(=O)(=O)c2ccc(C(C)C)cc2)CC3)cc1OC. The van der Waals surface area contributed by atoms with Crippen molar-refractivity contribution in [3.8, 4) is 22.1 Å². The molecule has 1 aliphatic rings. The van der Waals surface area contributed by atoms with E-state index >= 15 is 0 Å². The van der Waals surface area contributed by atoms with Crippen molar-refractivity contribution in [2.24, 2.45) is 0 Å². The molecule has 0 amide bonds. The second kappa shape index (κ2) is 8.61. The summed E-state index contributed by atoms with van der Waals surface area (Å²) in [7, 11) is -0.342. The topological polar surface area (TPSA) is 68.7 Å². The first-order valence-corrected chi connectivity index (χ1v) is 12.4. The highest BCUT2D eigenvalue weighted by Crippen LogP contribution is 2.37. The lowest BCUT2D eigenvalue weighted by atomic mass is 10.0. The van der Waals surface area contributed by atoms with Crippen LogP contribution in [0.4, 0.5) is 0 Å². The molecular formula is C23H26N2O4S2. The second-order valence-electron chi connectivity index (χ2n) is 7.77. The van der Waals surface area contributed by atoms with Crippen molar-refractivity contribution in [3.05, 3.63) is 58.6 Å². The van der Waals surface area contributed by atoms with Crippen molar-refractivity contribution in [1.29, 1.82) is 0 Å². The summed E-state index contributed by atoms with van der Waals surface area (Å²) in [5, 5.41) is 0.853. The lowest BCUT2D eigenvalue weighted by Crippen LogP contribution is -2.35. The predicted molar refractivity (Wildman–Crippen MR) is 122 cm³/mol. The molecule has 0 saturated carbocycles. The molecule has 1 aliphatic heterocycles. The Morgan fingerprint density at radius 2 is 1.74 bits per heavy atom. The van der Waals surface area contributed by atoms with Gasteiger partial charge in [0.05, 0.1) is 31.4 Å². The van der Waals surface area contributed by atoms with Crippen molar-refractivity contribution >= 4 is 21.4 Å². The van der Waals surface area contributed by atoms with Crippen LogP contribution in [-0.4, -0.2) is 38.5 Å². The number of fused-ring (bicyclic) bond motifs is 1. The van der Waals surface area contributed by atoms with E-state index in [9.17, 15) is 8.42 Å². The van der Waals surface area contributed by atoms with Crippen LogP contribution in [0, 0.1) is 0 Å². The van der Waals surface area contributed by atoms with Crippen LogP contribution in [0.15, 0.2) is 47.4 Å². The summed E-state index contributed by atoms with van der Waals surface area (Å²) in [6.07, 6.45) is 0.600. The van der Waals surface area contributed by atoms with Gasteiger partial charge < -0.3 is 9.47 Å². The fourth-order valence-corrected chi connectivity index (χ4v) is 6.25. The third-order valence-electron chi connectivity index (χ3n) is 5.51. The number of sulfonamides is 1. The van der Waals surface area contributed by atoms with E-state index in [-0.39, 0.29) is 0 Å². The summed E-state index contributed by atoms with van der Waals surface area (Å²) in [4.78, 5) is 6.10. The first-order chi connectivity index (χ1) is 14.8. The summed E-state index contributed by atoms with van der Waals surface area (Å²) in [5.41, 5.74) is 3.02. The molecular weight excluding hydrogens is 432 g/mol. The first kappa shape index (κ1) is 21.8. The fraction of sp³-hybridized carbons (Fsp3) is 0.348. The van der Waals surface area contributed by atoms with Gasteiger partial charge in [-0.3, -0.25) is 0 Å². The van der Waals surface area contributed by atoms with E-state index in [1.165, 1.54) is 11.3 Å². The first-order valence-electron chi connectivity index (χ1n) is 10.1. The van der Waals surface area contributed by atoms with Crippen molar-refractivity contribution in [3.63, 3.8) is 0 Å². The molecule has 0 atom stereocenters. The van der Waals surface area contributed by atoms with E-state index in [1.54, 1.807) is 30.7 Å². The molecule has 0 unspecified atom stereocenters. The van der Waals surface area contributed by atoms with Crippen LogP contribution >= 0.6 is 11.3 Å². The van der Waals surface area contributed by atoms with Crippen LogP contribution in [0.3, 0.4) is 0 Å². The molecule has 31 heavy (non-hydrogen) atoms. The quantitative estimate of drug-likeness (QED) is 0.536. The van der Waals surface area contributed by atoms with E-state index < -0.39 is 10.0 Å². The Labute approximate surface area is 187 Å². The van der Waals surface area contributed by atoms with Crippen molar-refractivity contribution in [2.45, 2.75) is 37.6 Å². The van der Waals surface area contributed by atoms with Crippen molar-refractivity contribution in [2.75, 3.05) is 20.8 Å². The van der Waals surface area contributed by atoms with Crippen LogP contribution in [-0.2, 0) is 23.0 Å². The average molecular weight is 459 g/mol. The van der Waals surface area contributed by atoms with Crippen LogP contribution in [0.5, 0.6) is 11.5 Å². The molecule has 1 aromatic heterocycles. The zero-order valence-corrected chi connectivity index (χ0v) is 19.7. The van der Waals surface area contributed by atoms with Gasteiger partial charge in [-0.05, 0) is 41.8 Å². The van der Waals surface area contributed by atoms with Crippen LogP contribution in [0.1, 0.15) is 35.9 Å². The summed E-state index contributed by atoms with van der Waals surface area (Å²) in [6, 6.07) is 12.9. The van der Waals surface area contributed by atoms with Crippen molar-refractivity contribution in [1.82, 2.24) is 9.29 Å². The maximum absolute atomic E-state index is 13.2. The van der Waals surface area contributed by atoms with Crippen LogP contribution in [0.25, 0.3) is 10.6 Å². The molecule has 0 aliphatic carbocycles. The van der Waals surface area contributed by atoms with E-state index in [4.69, 9.17) is 14.5 Å². The Kier molecular flexibility index (Phi) is 6.05. The lowest BCUT2D eigenvalue weighted by molar-refractivity contribution is 0.355. The maximum atomic E-state index is 13.2. The zero-order chi connectivity index (χ0) is 22.2. The molecule has 6 nitrogen and oxygen atoms in total. The van der Waals surface area contributed by atoms with Gasteiger partial charge in [0.1, 0.15) is 5.01 Å². The van der Waals surface area contributed by atoms with Gasteiger partial charge in [0, 0.05) is 23.4 Å². The number of ether oxygens (including phenoxy) is 2. The standard InChI is InChI=1S/C23H26N2O4S2/c1-15(2)16-5-8-18(9-6-16)31(26,27)25-12-11-19-22(14-25)30-23(24-19)17-7-10-20(28-3)21(13-17)29-4/h5-10,13,15H,11-12,14H2,1-4H3. The Bertz CT molecular complexity index is 1180. The van der Waals surface area contributed by atoms with E-state index in [0.29, 0.717) is 41.8 Å². The number of thiazole rings is 1. The van der Waals surface area contributed by atoms with E-state index in [0.717, 1.165) is 26.7 Å². The highest BCUT2D eigenvalue weighted by atomic mass is 32.2. The van der Waals surface area contributed by atoms with E-state index in [2.05, 4.69) is 13.8 Å². The minimum absolute atomic E-state index is 0.338. The molecule has 0 saturated heterocycles. The van der Waals surface area contributed by atoms with Gasteiger partial charge in [-0.1, -0.05) is 26.0 Å². The molecule has 0 spiro atoms. The van der Waals surface area contributed by atoms with Gasteiger partial charge in [-0.25, -0.2) is 13.4 Å². The number of benzene rings is 2. The molecule has 4 rings (SSSR count). The largest absolute Gasteiger partial charge is 0.493 e. The minimum atomic E-state index is -3.55. The Hall–Kier alpha value is -2.42. The number of hydrogen-bond acceptors (Lipinski definition) is 6. The molecule has 3 aromatic rings. The Morgan fingerprint density at radius 3 is 2.39 bits per heavy atom. The fourth-order valence-electron chi connectivity index (χ4n) is 3.64. The van der Waals surface area contributed by atoms with Gasteiger partial charge >= 0.3 is 0 Å². The lowest BCUT2D eigenvalue weighted by Gasteiger charge is -2.25. The average Bonchev–Trinajstić information content (AvgIpc) is 3.22. The Morgan fingerprint density at radius 1 is 1.03 bits per heavy atom. The molecule has 2 aromatic carbocycles. The summed E-state index contributed by atoms with van der Waals surface area (Å²) < 4.78 is 38.6. The number of rotatable bonds is 6. The Balaban J connectivity index is 1.59. The van der Waals surface area contributed by atoms with Crippen LogP contribution in [0.2, 0.25) is 0 Å². The summed E-state index contributed by atoms with van der Waals surface area (Å²) in [5.74, 6) is 1.66. The van der Waals surface area contributed by atoms with E-state index in [1.807, 2.05) is 30.3 Å². The van der Waals surface area contributed by atoms with Gasteiger partial charge in [0.15, 0.2) is 11.5 Å². The summed E-state index contributed by atoms with van der Waals surface area (Å²) >= 11 is 1.53. The smallest absolute Gasteiger partial charge is 0.243 e. The molecule has 164 valence electrons. The molecule has 8 heteroatoms. The molecule has 0 bridgehead atoms. The highest BCUT2D eigenvalue weighted by Gasteiger charge is 2.30.